The summed E-state index contributed by atoms with van der Waals surface area (Å²) < 4.78 is 47.8. The van der Waals surface area contributed by atoms with E-state index in [2.05, 4.69) is 0 Å². The van der Waals surface area contributed by atoms with Crippen molar-refractivity contribution in [1.29, 1.82) is 0 Å². The zero-order chi connectivity index (χ0) is 17.0. The molecular formula is C16H17FO5S. The molecule has 0 aliphatic heterocycles. The molecule has 2 aromatic rings. The Kier molecular flexibility index (Phi) is 5.35. The number of aliphatic hydroxyl groups is 1. The van der Waals surface area contributed by atoms with Gasteiger partial charge in [0.1, 0.15) is 17.7 Å². The number of hydrogen-bond acceptors (Lipinski definition) is 5. The Hall–Kier alpha value is -1.96. The van der Waals surface area contributed by atoms with Crippen molar-refractivity contribution in [2.24, 2.45) is 0 Å². The first-order valence-corrected chi connectivity index (χ1v) is 8.29. The number of aliphatic hydroxyl groups excluding tert-OH is 1. The highest BCUT2D eigenvalue weighted by Crippen LogP contribution is 2.20. The maximum Gasteiger partial charge on any atom is 0.300 e. The molecule has 0 aromatic heterocycles. The van der Waals surface area contributed by atoms with E-state index in [-0.39, 0.29) is 10.6 Å². The molecule has 2 unspecified atom stereocenters. The third-order valence-electron chi connectivity index (χ3n) is 2.97. The van der Waals surface area contributed by atoms with Crippen molar-refractivity contribution in [2.75, 3.05) is 0 Å². The molecule has 0 aliphatic carbocycles. The number of halogens is 1. The van der Waals surface area contributed by atoms with Gasteiger partial charge >= 0.3 is 0 Å². The molecule has 0 bridgehead atoms. The molecule has 2 aromatic carbocycles. The smallest absolute Gasteiger partial charge is 0.300 e. The standard InChI is InChI=1S/C16H17FO5S/c1-11-6-8-15(9-7-11)23(19,20)22-16(12(2)18)21-14-5-3-4-13(17)10-14/h3-10,12,16,18H,1-2H3. The second-order valence-corrected chi connectivity index (χ2v) is 6.62. The van der Waals surface area contributed by atoms with E-state index in [9.17, 15) is 17.9 Å². The van der Waals surface area contributed by atoms with Crippen LogP contribution in [0.2, 0.25) is 0 Å². The first kappa shape index (κ1) is 17.4. The third-order valence-corrected chi connectivity index (χ3v) is 4.27. The first-order valence-electron chi connectivity index (χ1n) is 6.88. The monoisotopic (exact) mass is 340 g/mol. The quantitative estimate of drug-likeness (QED) is 0.646. The second-order valence-electron chi connectivity index (χ2n) is 5.05. The Morgan fingerprint density at radius 1 is 1.13 bits per heavy atom. The fourth-order valence-electron chi connectivity index (χ4n) is 1.76. The van der Waals surface area contributed by atoms with Gasteiger partial charge in [-0.2, -0.15) is 8.42 Å². The number of ether oxygens (including phenoxy) is 1. The number of aryl methyl sites for hydroxylation is 1. The van der Waals surface area contributed by atoms with E-state index in [1.54, 1.807) is 12.1 Å². The summed E-state index contributed by atoms with van der Waals surface area (Å²) in [6, 6.07) is 11.2. The molecule has 0 radical (unpaired) electrons. The molecule has 0 saturated carbocycles. The number of benzene rings is 2. The number of hydrogen-bond donors (Lipinski definition) is 1. The molecule has 23 heavy (non-hydrogen) atoms. The van der Waals surface area contributed by atoms with Gasteiger partial charge in [-0.15, -0.1) is 0 Å². The predicted octanol–water partition coefficient (Wildman–Crippen LogP) is 2.63. The van der Waals surface area contributed by atoms with Gasteiger partial charge in [-0.1, -0.05) is 23.8 Å². The molecule has 0 amide bonds. The van der Waals surface area contributed by atoms with E-state index in [0.717, 1.165) is 11.6 Å². The van der Waals surface area contributed by atoms with Crippen molar-refractivity contribution in [3.8, 4) is 5.75 Å². The van der Waals surface area contributed by atoms with E-state index in [1.165, 1.54) is 37.3 Å². The summed E-state index contributed by atoms with van der Waals surface area (Å²) in [5, 5.41) is 9.69. The first-order chi connectivity index (χ1) is 10.8. The van der Waals surface area contributed by atoms with E-state index in [4.69, 9.17) is 8.92 Å². The van der Waals surface area contributed by atoms with E-state index < -0.39 is 28.3 Å². The minimum absolute atomic E-state index is 0.0509. The van der Waals surface area contributed by atoms with Crippen LogP contribution in [0.3, 0.4) is 0 Å². The molecule has 0 heterocycles. The summed E-state index contributed by atoms with van der Waals surface area (Å²) in [7, 11) is -4.13. The van der Waals surface area contributed by atoms with Crippen LogP contribution in [-0.2, 0) is 14.3 Å². The van der Waals surface area contributed by atoms with E-state index in [1.807, 2.05) is 6.92 Å². The third kappa shape index (κ3) is 4.75. The highest BCUT2D eigenvalue weighted by molar-refractivity contribution is 7.86. The van der Waals surface area contributed by atoms with Gasteiger partial charge in [-0.25, -0.2) is 8.57 Å². The van der Waals surface area contributed by atoms with Gasteiger partial charge in [0.05, 0.1) is 4.90 Å². The lowest BCUT2D eigenvalue weighted by atomic mass is 10.2. The van der Waals surface area contributed by atoms with Gasteiger partial charge in [0.25, 0.3) is 10.1 Å². The van der Waals surface area contributed by atoms with Gasteiger partial charge in [0.15, 0.2) is 0 Å². The zero-order valence-corrected chi connectivity index (χ0v) is 13.5. The lowest BCUT2D eigenvalue weighted by Gasteiger charge is -2.21. The summed E-state index contributed by atoms with van der Waals surface area (Å²) in [6.45, 7) is 3.14. The highest BCUT2D eigenvalue weighted by Gasteiger charge is 2.27. The lowest BCUT2D eigenvalue weighted by molar-refractivity contribution is -0.0742. The SMILES string of the molecule is Cc1ccc(S(=O)(=O)OC(Oc2cccc(F)c2)C(C)O)cc1. The van der Waals surface area contributed by atoms with Crippen LogP contribution < -0.4 is 4.74 Å². The average Bonchev–Trinajstić information content (AvgIpc) is 2.46. The molecule has 0 saturated heterocycles. The second kappa shape index (κ2) is 7.08. The van der Waals surface area contributed by atoms with Gasteiger partial charge in [-0.05, 0) is 38.1 Å². The topological polar surface area (TPSA) is 72.8 Å². The van der Waals surface area contributed by atoms with Crippen molar-refractivity contribution in [2.45, 2.75) is 31.1 Å². The summed E-state index contributed by atoms with van der Waals surface area (Å²) in [6.07, 6.45) is -2.75. The molecule has 5 nitrogen and oxygen atoms in total. The fourth-order valence-corrected chi connectivity index (χ4v) is 2.79. The van der Waals surface area contributed by atoms with Crippen LogP contribution in [0.4, 0.5) is 4.39 Å². The molecular weight excluding hydrogens is 323 g/mol. The normalized spacial score (nSPS) is 14.3. The maximum atomic E-state index is 13.2. The molecule has 0 aliphatic rings. The van der Waals surface area contributed by atoms with Crippen LogP contribution in [0.15, 0.2) is 53.4 Å². The largest absolute Gasteiger partial charge is 0.461 e. The zero-order valence-electron chi connectivity index (χ0n) is 12.6. The molecule has 1 N–H and O–H groups in total. The minimum Gasteiger partial charge on any atom is -0.461 e. The van der Waals surface area contributed by atoms with Crippen molar-refractivity contribution in [1.82, 2.24) is 0 Å². The summed E-state index contributed by atoms with van der Waals surface area (Å²) in [5.74, 6) is -0.497. The Labute approximate surface area is 134 Å². The van der Waals surface area contributed by atoms with Crippen LogP contribution in [0.1, 0.15) is 12.5 Å². The van der Waals surface area contributed by atoms with Gasteiger partial charge in [0.2, 0.25) is 6.29 Å². The van der Waals surface area contributed by atoms with Crippen LogP contribution in [0.25, 0.3) is 0 Å². The van der Waals surface area contributed by atoms with Gasteiger partial charge < -0.3 is 9.84 Å². The highest BCUT2D eigenvalue weighted by atomic mass is 32.2. The van der Waals surface area contributed by atoms with E-state index in [0.29, 0.717) is 0 Å². The lowest BCUT2D eigenvalue weighted by Crippen LogP contribution is -2.34. The van der Waals surface area contributed by atoms with Gasteiger partial charge in [-0.3, -0.25) is 0 Å². The molecule has 0 spiro atoms. The molecule has 2 rings (SSSR count). The minimum atomic E-state index is -4.13. The van der Waals surface area contributed by atoms with Crippen LogP contribution in [0.5, 0.6) is 5.75 Å². The number of rotatable bonds is 6. The Morgan fingerprint density at radius 3 is 2.35 bits per heavy atom. The summed E-state index contributed by atoms with van der Waals surface area (Å²) >= 11 is 0. The Morgan fingerprint density at radius 2 is 1.78 bits per heavy atom. The van der Waals surface area contributed by atoms with Crippen LogP contribution in [-0.4, -0.2) is 25.9 Å². The van der Waals surface area contributed by atoms with Gasteiger partial charge in [0, 0.05) is 6.07 Å². The Balaban J connectivity index is 2.20. The van der Waals surface area contributed by atoms with Crippen molar-refractivity contribution in [3.05, 3.63) is 59.9 Å². The maximum absolute atomic E-state index is 13.2. The Bertz CT molecular complexity index is 756. The summed E-state index contributed by atoms with van der Waals surface area (Å²) in [4.78, 5) is -0.0587. The fraction of sp³-hybridized carbons (Fsp3) is 0.250. The molecule has 2 atom stereocenters. The van der Waals surface area contributed by atoms with Crippen LogP contribution in [0, 0.1) is 12.7 Å². The molecule has 7 heteroatoms. The average molecular weight is 340 g/mol. The van der Waals surface area contributed by atoms with Crippen molar-refractivity contribution < 1.29 is 26.8 Å². The molecule has 0 fully saturated rings. The van der Waals surface area contributed by atoms with Crippen LogP contribution >= 0.6 is 0 Å². The van der Waals surface area contributed by atoms with Crippen molar-refractivity contribution in [3.63, 3.8) is 0 Å². The predicted molar refractivity (Wildman–Crippen MR) is 81.9 cm³/mol. The molecule has 124 valence electrons. The van der Waals surface area contributed by atoms with E-state index >= 15 is 0 Å². The van der Waals surface area contributed by atoms with Crippen molar-refractivity contribution >= 4 is 10.1 Å². The summed E-state index contributed by atoms with van der Waals surface area (Å²) in [5.41, 5.74) is 0.895.